The molecule has 2 aromatic carbocycles. The van der Waals surface area contributed by atoms with E-state index in [4.69, 9.17) is 4.74 Å². The predicted octanol–water partition coefficient (Wildman–Crippen LogP) is 3.51. The monoisotopic (exact) mass is 282 g/mol. The summed E-state index contributed by atoms with van der Waals surface area (Å²) < 4.78 is 5.40. The van der Waals surface area contributed by atoms with Gasteiger partial charge < -0.3 is 9.84 Å². The average Bonchev–Trinajstić information content (AvgIpc) is 3.25. The summed E-state index contributed by atoms with van der Waals surface area (Å²) in [5.74, 6) is -0.117. The molecule has 1 aliphatic carbocycles. The van der Waals surface area contributed by atoms with Crippen LogP contribution in [-0.2, 0) is 10.2 Å². The first-order valence-electron chi connectivity index (χ1n) is 7.03. The highest BCUT2D eigenvalue weighted by atomic mass is 16.5. The van der Waals surface area contributed by atoms with Crippen LogP contribution in [0.25, 0.3) is 0 Å². The van der Waals surface area contributed by atoms with Gasteiger partial charge in [-0.05, 0) is 25.0 Å². The maximum absolute atomic E-state index is 12.0. The van der Waals surface area contributed by atoms with Gasteiger partial charge in [-0.3, -0.25) is 4.79 Å². The van der Waals surface area contributed by atoms with E-state index in [0.717, 1.165) is 16.7 Å². The highest BCUT2D eigenvalue weighted by molar-refractivity contribution is 5.89. The van der Waals surface area contributed by atoms with Crippen LogP contribution < -0.4 is 4.74 Å². The van der Waals surface area contributed by atoms with Crippen LogP contribution in [0.2, 0.25) is 0 Å². The molecule has 0 heterocycles. The third kappa shape index (κ3) is 2.09. The van der Waals surface area contributed by atoms with E-state index in [1.165, 1.54) is 0 Å². The molecule has 0 aromatic heterocycles. The summed E-state index contributed by atoms with van der Waals surface area (Å²) in [6, 6.07) is 15.6. The van der Waals surface area contributed by atoms with E-state index >= 15 is 0 Å². The SMILES string of the molecule is COc1ccc(C)cc1C1(C(=O)O)CC1c1ccccc1. The zero-order valence-corrected chi connectivity index (χ0v) is 12.2. The Bertz CT molecular complexity index is 678. The Morgan fingerprint density at radius 3 is 2.57 bits per heavy atom. The molecule has 3 nitrogen and oxygen atoms in total. The number of ether oxygens (including phenoxy) is 1. The van der Waals surface area contributed by atoms with Crippen LogP contribution in [0.4, 0.5) is 0 Å². The maximum Gasteiger partial charge on any atom is 0.314 e. The van der Waals surface area contributed by atoms with E-state index in [9.17, 15) is 9.90 Å². The van der Waals surface area contributed by atoms with Crippen LogP contribution >= 0.6 is 0 Å². The minimum absolute atomic E-state index is 0.00639. The van der Waals surface area contributed by atoms with Gasteiger partial charge >= 0.3 is 5.97 Å². The zero-order chi connectivity index (χ0) is 15.0. The van der Waals surface area contributed by atoms with Gasteiger partial charge in [-0.1, -0.05) is 48.0 Å². The average molecular weight is 282 g/mol. The van der Waals surface area contributed by atoms with Crippen molar-refractivity contribution in [2.24, 2.45) is 0 Å². The molecule has 0 saturated heterocycles. The summed E-state index contributed by atoms with van der Waals surface area (Å²) in [5, 5.41) is 9.84. The lowest BCUT2D eigenvalue weighted by molar-refractivity contribution is -0.140. The zero-order valence-electron chi connectivity index (χ0n) is 12.2. The van der Waals surface area contributed by atoms with Crippen molar-refractivity contribution in [2.45, 2.75) is 24.7 Å². The van der Waals surface area contributed by atoms with Gasteiger partial charge in [0, 0.05) is 11.5 Å². The van der Waals surface area contributed by atoms with Crippen molar-refractivity contribution in [3.63, 3.8) is 0 Å². The quantitative estimate of drug-likeness (QED) is 0.933. The Hall–Kier alpha value is -2.29. The minimum atomic E-state index is -0.862. The molecule has 0 spiro atoms. The summed E-state index contributed by atoms with van der Waals surface area (Å²) in [6.45, 7) is 1.97. The van der Waals surface area contributed by atoms with Crippen molar-refractivity contribution in [3.8, 4) is 5.75 Å². The molecule has 2 atom stereocenters. The fourth-order valence-electron chi connectivity index (χ4n) is 3.17. The largest absolute Gasteiger partial charge is 0.496 e. The molecule has 2 unspecified atom stereocenters. The van der Waals surface area contributed by atoms with E-state index in [1.54, 1.807) is 7.11 Å². The van der Waals surface area contributed by atoms with Crippen LogP contribution in [0.15, 0.2) is 48.5 Å². The number of aliphatic carboxylic acids is 1. The molecule has 1 saturated carbocycles. The molecule has 1 aliphatic rings. The molecule has 2 aromatic rings. The number of hydrogen-bond donors (Lipinski definition) is 1. The second-order valence-electron chi connectivity index (χ2n) is 5.65. The molecule has 0 aliphatic heterocycles. The third-order valence-electron chi connectivity index (χ3n) is 4.38. The lowest BCUT2D eigenvalue weighted by atomic mass is 9.89. The summed E-state index contributed by atoms with van der Waals surface area (Å²) >= 11 is 0. The van der Waals surface area contributed by atoms with E-state index in [-0.39, 0.29) is 5.92 Å². The summed E-state index contributed by atoms with van der Waals surface area (Å²) in [6.07, 6.45) is 0.617. The second kappa shape index (κ2) is 4.92. The predicted molar refractivity (Wildman–Crippen MR) is 80.8 cm³/mol. The maximum atomic E-state index is 12.0. The first-order chi connectivity index (χ1) is 10.1. The Labute approximate surface area is 124 Å². The fraction of sp³-hybridized carbons (Fsp3) is 0.278. The number of carboxylic acid groups (broad SMARTS) is 1. The van der Waals surface area contributed by atoms with Crippen LogP contribution in [0.1, 0.15) is 29.0 Å². The van der Waals surface area contributed by atoms with Gasteiger partial charge in [0.25, 0.3) is 0 Å². The summed E-state index contributed by atoms with van der Waals surface area (Å²) in [5.41, 5.74) is 2.04. The molecule has 1 fully saturated rings. The smallest absolute Gasteiger partial charge is 0.314 e. The van der Waals surface area contributed by atoms with E-state index in [2.05, 4.69) is 0 Å². The first kappa shape index (κ1) is 13.7. The standard InChI is InChI=1S/C18H18O3/c1-12-8-9-16(21-2)14(10-12)18(17(19)20)11-15(18)13-6-4-3-5-7-13/h3-10,15H,11H2,1-2H3,(H,19,20). The number of carboxylic acids is 1. The molecular formula is C18H18O3. The van der Waals surface area contributed by atoms with Gasteiger partial charge in [0.1, 0.15) is 11.2 Å². The number of aryl methyl sites for hydroxylation is 1. The Kier molecular flexibility index (Phi) is 3.20. The van der Waals surface area contributed by atoms with Gasteiger partial charge in [0.2, 0.25) is 0 Å². The highest BCUT2D eigenvalue weighted by Gasteiger charge is 2.63. The van der Waals surface area contributed by atoms with Crippen molar-refractivity contribution >= 4 is 5.97 Å². The van der Waals surface area contributed by atoms with Crippen LogP contribution in [-0.4, -0.2) is 18.2 Å². The summed E-state index contributed by atoms with van der Waals surface area (Å²) in [7, 11) is 1.59. The van der Waals surface area contributed by atoms with E-state index < -0.39 is 11.4 Å². The topological polar surface area (TPSA) is 46.5 Å². The Balaban J connectivity index is 2.10. The number of rotatable bonds is 4. The lowest BCUT2D eigenvalue weighted by Gasteiger charge is -2.17. The number of hydrogen-bond acceptors (Lipinski definition) is 2. The molecule has 21 heavy (non-hydrogen) atoms. The van der Waals surface area contributed by atoms with Gasteiger partial charge in [0.15, 0.2) is 0 Å². The Morgan fingerprint density at radius 1 is 1.24 bits per heavy atom. The van der Waals surface area contributed by atoms with Gasteiger partial charge in [0.05, 0.1) is 7.11 Å². The van der Waals surface area contributed by atoms with Gasteiger partial charge in [-0.25, -0.2) is 0 Å². The van der Waals surface area contributed by atoms with Crippen molar-refractivity contribution in [2.75, 3.05) is 7.11 Å². The second-order valence-corrected chi connectivity index (χ2v) is 5.65. The van der Waals surface area contributed by atoms with Crippen molar-refractivity contribution in [1.29, 1.82) is 0 Å². The molecule has 3 heteroatoms. The molecule has 108 valence electrons. The number of benzene rings is 2. The molecule has 0 radical (unpaired) electrons. The third-order valence-corrected chi connectivity index (χ3v) is 4.38. The van der Waals surface area contributed by atoms with Crippen molar-refractivity contribution < 1.29 is 14.6 Å². The normalized spacial score (nSPS) is 23.6. The van der Waals surface area contributed by atoms with Crippen molar-refractivity contribution in [1.82, 2.24) is 0 Å². The highest BCUT2D eigenvalue weighted by Crippen LogP contribution is 2.62. The summed E-state index contributed by atoms with van der Waals surface area (Å²) in [4.78, 5) is 12.0. The number of methoxy groups -OCH3 is 1. The first-order valence-corrected chi connectivity index (χ1v) is 7.03. The van der Waals surface area contributed by atoms with E-state index in [0.29, 0.717) is 12.2 Å². The number of carbonyl (C=O) groups is 1. The van der Waals surface area contributed by atoms with Gasteiger partial charge in [-0.15, -0.1) is 0 Å². The molecular weight excluding hydrogens is 264 g/mol. The molecule has 1 N–H and O–H groups in total. The van der Waals surface area contributed by atoms with E-state index in [1.807, 2.05) is 55.5 Å². The van der Waals surface area contributed by atoms with Crippen LogP contribution in [0, 0.1) is 6.92 Å². The van der Waals surface area contributed by atoms with Crippen LogP contribution in [0.3, 0.4) is 0 Å². The minimum Gasteiger partial charge on any atom is -0.496 e. The molecule has 0 bridgehead atoms. The Morgan fingerprint density at radius 2 is 1.95 bits per heavy atom. The van der Waals surface area contributed by atoms with Gasteiger partial charge in [-0.2, -0.15) is 0 Å². The molecule has 0 amide bonds. The van der Waals surface area contributed by atoms with Crippen molar-refractivity contribution in [3.05, 3.63) is 65.2 Å². The fourth-order valence-corrected chi connectivity index (χ4v) is 3.17. The lowest BCUT2D eigenvalue weighted by Crippen LogP contribution is -2.23. The van der Waals surface area contributed by atoms with Crippen LogP contribution in [0.5, 0.6) is 5.75 Å². The molecule has 3 rings (SSSR count).